The zero-order chi connectivity index (χ0) is 15.2. The molecule has 0 aliphatic rings. The van der Waals surface area contributed by atoms with E-state index in [9.17, 15) is 0 Å². The molecule has 0 fully saturated rings. The molecule has 3 aromatic rings. The average Bonchev–Trinajstić information content (AvgIpc) is 2.96. The minimum absolute atomic E-state index is 0.144. The molecule has 1 aromatic heterocycles. The number of nitrogens with zero attached hydrogens (tertiary/aromatic N) is 1. The van der Waals surface area contributed by atoms with Crippen LogP contribution in [0.5, 0.6) is 5.75 Å². The number of ether oxygens (including phenoxy) is 1. The largest absolute Gasteiger partial charge is 0.489 e. The van der Waals surface area contributed by atoms with Crippen molar-refractivity contribution < 1.29 is 14.3 Å². The molecule has 0 saturated carbocycles. The van der Waals surface area contributed by atoms with E-state index in [2.05, 4.69) is 10.3 Å². The number of fused-ring (bicyclic) bond motifs is 1. The minimum Gasteiger partial charge on any atom is -0.489 e. The lowest BCUT2D eigenvalue weighted by atomic mass is 10.2. The van der Waals surface area contributed by atoms with Crippen molar-refractivity contribution in [2.45, 2.75) is 13.0 Å². The summed E-state index contributed by atoms with van der Waals surface area (Å²) in [5.74, 6) is 0.745. The van der Waals surface area contributed by atoms with Gasteiger partial charge in [0.05, 0.1) is 0 Å². The number of oxazole rings is 1. The quantitative estimate of drug-likeness (QED) is 0.656. The summed E-state index contributed by atoms with van der Waals surface area (Å²) >= 11 is 0. The molecule has 0 spiro atoms. The van der Waals surface area contributed by atoms with Crippen LogP contribution in [0, 0.1) is 0 Å². The van der Waals surface area contributed by atoms with Crippen LogP contribution in [0.15, 0.2) is 52.9 Å². The summed E-state index contributed by atoms with van der Waals surface area (Å²) in [6.07, 6.45) is 0.657. The molecule has 5 nitrogen and oxygen atoms in total. The normalized spacial score (nSPS) is 10.8. The second-order valence-electron chi connectivity index (χ2n) is 4.93. The summed E-state index contributed by atoms with van der Waals surface area (Å²) in [6, 6.07) is 16.1. The number of aromatic nitrogens is 1. The first-order chi connectivity index (χ1) is 10.8. The van der Waals surface area contributed by atoms with Crippen LogP contribution in [-0.4, -0.2) is 23.2 Å². The van der Waals surface area contributed by atoms with Crippen LogP contribution in [0.1, 0.15) is 12.0 Å². The number of hydrogen-bond acceptors (Lipinski definition) is 5. The van der Waals surface area contributed by atoms with Crippen molar-refractivity contribution in [1.82, 2.24) is 4.98 Å². The van der Waals surface area contributed by atoms with Crippen LogP contribution in [0.25, 0.3) is 11.1 Å². The smallest absolute Gasteiger partial charge is 0.295 e. The summed E-state index contributed by atoms with van der Waals surface area (Å²) in [5, 5.41) is 11.8. The predicted octanol–water partition coefficient (Wildman–Crippen LogP) is 3.20. The molecule has 0 aliphatic heterocycles. The van der Waals surface area contributed by atoms with E-state index < -0.39 is 0 Å². The van der Waals surface area contributed by atoms with Crippen LogP contribution in [0.3, 0.4) is 0 Å². The monoisotopic (exact) mass is 298 g/mol. The fourth-order valence-corrected chi connectivity index (χ4v) is 2.09. The van der Waals surface area contributed by atoms with Crippen LogP contribution in [-0.2, 0) is 6.61 Å². The minimum atomic E-state index is 0.144. The second kappa shape index (κ2) is 6.95. The Hall–Kier alpha value is -2.53. The van der Waals surface area contributed by atoms with E-state index in [-0.39, 0.29) is 6.61 Å². The van der Waals surface area contributed by atoms with Gasteiger partial charge in [-0.3, -0.25) is 0 Å². The van der Waals surface area contributed by atoms with Gasteiger partial charge < -0.3 is 19.6 Å². The highest BCUT2D eigenvalue weighted by Gasteiger charge is 2.06. The number of aliphatic hydroxyl groups excluding tert-OH is 1. The third-order valence-corrected chi connectivity index (χ3v) is 3.22. The van der Waals surface area contributed by atoms with E-state index >= 15 is 0 Å². The molecule has 0 aliphatic carbocycles. The molecule has 0 radical (unpaired) electrons. The number of nitrogens with one attached hydrogen (secondary N) is 1. The molecular weight excluding hydrogens is 280 g/mol. The van der Waals surface area contributed by atoms with Crippen LogP contribution < -0.4 is 10.1 Å². The molecule has 0 amide bonds. The van der Waals surface area contributed by atoms with Gasteiger partial charge >= 0.3 is 0 Å². The molecule has 5 heteroatoms. The Morgan fingerprint density at radius 1 is 1.14 bits per heavy atom. The molecule has 2 N–H and O–H groups in total. The maximum atomic E-state index is 8.77. The lowest BCUT2D eigenvalue weighted by Gasteiger charge is -2.05. The molecular formula is C17H18N2O3. The van der Waals surface area contributed by atoms with E-state index in [0.717, 1.165) is 16.8 Å². The summed E-state index contributed by atoms with van der Waals surface area (Å²) in [4.78, 5) is 4.33. The molecule has 114 valence electrons. The maximum absolute atomic E-state index is 8.77. The van der Waals surface area contributed by atoms with Crippen LogP contribution >= 0.6 is 0 Å². The van der Waals surface area contributed by atoms with E-state index in [4.69, 9.17) is 14.3 Å². The third-order valence-electron chi connectivity index (χ3n) is 3.22. The Balaban J connectivity index is 1.67. The van der Waals surface area contributed by atoms with Crippen molar-refractivity contribution in [2.75, 3.05) is 18.5 Å². The molecule has 0 bridgehead atoms. The van der Waals surface area contributed by atoms with Crippen LogP contribution in [0.2, 0.25) is 0 Å². The highest BCUT2D eigenvalue weighted by molar-refractivity contribution is 5.76. The molecule has 0 saturated heterocycles. The van der Waals surface area contributed by atoms with Gasteiger partial charge in [0.2, 0.25) is 0 Å². The number of aliphatic hydroxyl groups is 1. The fourth-order valence-electron chi connectivity index (χ4n) is 2.09. The Bertz CT molecular complexity index is 725. The summed E-state index contributed by atoms with van der Waals surface area (Å²) in [7, 11) is 0. The maximum Gasteiger partial charge on any atom is 0.295 e. The van der Waals surface area contributed by atoms with E-state index in [0.29, 0.717) is 31.2 Å². The Morgan fingerprint density at radius 2 is 2.00 bits per heavy atom. The van der Waals surface area contributed by atoms with Crippen molar-refractivity contribution in [3.8, 4) is 5.75 Å². The van der Waals surface area contributed by atoms with Crippen molar-refractivity contribution >= 4 is 17.1 Å². The van der Waals surface area contributed by atoms with Crippen molar-refractivity contribution in [3.63, 3.8) is 0 Å². The van der Waals surface area contributed by atoms with Gasteiger partial charge in [0, 0.05) is 19.2 Å². The van der Waals surface area contributed by atoms with E-state index in [1.165, 1.54) is 0 Å². The van der Waals surface area contributed by atoms with E-state index in [1.54, 1.807) is 0 Å². The molecule has 0 atom stereocenters. The molecule has 2 aromatic carbocycles. The first-order valence-electron chi connectivity index (χ1n) is 7.27. The summed E-state index contributed by atoms with van der Waals surface area (Å²) in [5.41, 5.74) is 2.57. The zero-order valence-electron chi connectivity index (χ0n) is 12.2. The first kappa shape index (κ1) is 14.4. The van der Waals surface area contributed by atoms with Crippen molar-refractivity contribution in [2.24, 2.45) is 0 Å². The highest BCUT2D eigenvalue weighted by atomic mass is 16.5. The standard InChI is InChI=1S/C17H18N2O3/c20-10-4-9-18-17-19-15-8-7-14(11-16(15)22-17)21-12-13-5-2-1-3-6-13/h1-3,5-8,11,20H,4,9-10,12H2,(H,18,19). The van der Waals surface area contributed by atoms with E-state index in [1.807, 2.05) is 48.5 Å². The highest BCUT2D eigenvalue weighted by Crippen LogP contribution is 2.24. The van der Waals surface area contributed by atoms with Crippen molar-refractivity contribution in [1.29, 1.82) is 0 Å². The van der Waals surface area contributed by atoms with Gasteiger partial charge in [-0.15, -0.1) is 0 Å². The van der Waals surface area contributed by atoms with Gasteiger partial charge in [-0.1, -0.05) is 30.3 Å². The summed E-state index contributed by atoms with van der Waals surface area (Å²) in [6.45, 7) is 1.29. The number of anilines is 1. The average molecular weight is 298 g/mol. The lowest BCUT2D eigenvalue weighted by molar-refractivity contribution is 0.292. The number of benzene rings is 2. The van der Waals surface area contributed by atoms with Gasteiger partial charge in [-0.25, -0.2) is 0 Å². The SMILES string of the molecule is OCCCNc1nc2ccc(OCc3ccccc3)cc2o1. The Labute approximate surface area is 128 Å². The number of rotatable bonds is 7. The van der Waals surface area contributed by atoms with Crippen LogP contribution in [0.4, 0.5) is 6.01 Å². The van der Waals surface area contributed by atoms with Gasteiger partial charge in [0.25, 0.3) is 6.01 Å². The topological polar surface area (TPSA) is 67.5 Å². The molecule has 1 heterocycles. The predicted molar refractivity (Wildman–Crippen MR) is 85.0 cm³/mol. The van der Waals surface area contributed by atoms with Gasteiger partial charge in [0.1, 0.15) is 17.9 Å². The molecule has 0 unspecified atom stereocenters. The van der Waals surface area contributed by atoms with Gasteiger partial charge in [-0.2, -0.15) is 4.98 Å². The first-order valence-corrected chi connectivity index (χ1v) is 7.27. The molecule has 22 heavy (non-hydrogen) atoms. The fraction of sp³-hybridized carbons (Fsp3) is 0.235. The second-order valence-corrected chi connectivity index (χ2v) is 4.93. The Kier molecular flexibility index (Phi) is 4.56. The Morgan fingerprint density at radius 3 is 2.82 bits per heavy atom. The summed E-state index contributed by atoms with van der Waals surface area (Å²) < 4.78 is 11.4. The third kappa shape index (κ3) is 3.56. The van der Waals surface area contributed by atoms with Crippen molar-refractivity contribution in [3.05, 3.63) is 54.1 Å². The number of hydrogen-bond donors (Lipinski definition) is 2. The van der Waals surface area contributed by atoms with Gasteiger partial charge in [0.15, 0.2) is 5.58 Å². The van der Waals surface area contributed by atoms with Gasteiger partial charge in [-0.05, 0) is 24.1 Å². The lowest BCUT2D eigenvalue weighted by Crippen LogP contribution is -2.03. The molecule has 3 rings (SSSR count). The zero-order valence-corrected chi connectivity index (χ0v) is 12.2.